The summed E-state index contributed by atoms with van der Waals surface area (Å²) in [6.07, 6.45) is 0. The zero-order valence-corrected chi connectivity index (χ0v) is 18.5. The van der Waals surface area contributed by atoms with E-state index in [0.717, 1.165) is 21.1 Å². The number of anilines is 1. The number of pyridine rings is 1. The number of benzene rings is 1. The highest BCUT2D eigenvalue weighted by atomic mass is 35.5. The summed E-state index contributed by atoms with van der Waals surface area (Å²) in [6, 6.07) is 13.5. The van der Waals surface area contributed by atoms with Gasteiger partial charge in [-0.2, -0.15) is 5.26 Å². The van der Waals surface area contributed by atoms with Crippen LogP contribution in [0.1, 0.15) is 11.3 Å². The minimum atomic E-state index is 0.134. The maximum atomic E-state index is 9.81. The Balaban J connectivity index is 1.64. The molecule has 4 aromatic rings. The summed E-state index contributed by atoms with van der Waals surface area (Å²) < 4.78 is 0. The molecule has 1 aromatic carbocycles. The van der Waals surface area contributed by atoms with E-state index < -0.39 is 0 Å². The van der Waals surface area contributed by atoms with Crippen LogP contribution in [-0.4, -0.2) is 9.97 Å². The van der Waals surface area contributed by atoms with Crippen LogP contribution in [0.3, 0.4) is 0 Å². The molecule has 4 rings (SSSR count). The summed E-state index contributed by atoms with van der Waals surface area (Å²) in [5.74, 6) is 0.668. The topological polar surface area (TPSA) is 79.9 Å². The molecule has 146 valence electrons. The second kappa shape index (κ2) is 8.86. The lowest BCUT2D eigenvalue weighted by Crippen LogP contribution is -1.99. The van der Waals surface area contributed by atoms with Crippen molar-refractivity contribution in [2.24, 2.45) is 0 Å². The average Bonchev–Trinajstić information content (AvgIpc) is 3.44. The molecule has 0 radical (unpaired) electrons. The fraction of sp³-hybridized carbons (Fsp3) is 0.0476. The van der Waals surface area contributed by atoms with E-state index in [1.54, 1.807) is 11.3 Å². The number of nitrogen functional groups attached to an aromatic ring is 1. The zero-order valence-electron chi connectivity index (χ0n) is 15.3. The largest absolute Gasteiger partial charge is 0.392 e. The van der Waals surface area contributed by atoms with Gasteiger partial charge in [0.15, 0.2) is 0 Å². The Morgan fingerprint density at radius 1 is 1.20 bits per heavy atom. The van der Waals surface area contributed by atoms with Crippen molar-refractivity contribution < 1.29 is 0 Å². The van der Waals surface area contributed by atoms with Gasteiger partial charge in [-0.05, 0) is 23.6 Å². The normalized spacial score (nSPS) is 10.5. The van der Waals surface area contributed by atoms with Crippen molar-refractivity contribution >= 4 is 57.5 Å². The van der Waals surface area contributed by atoms with Crippen molar-refractivity contribution in [3.05, 3.63) is 74.9 Å². The van der Waals surface area contributed by atoms with Crippen molar-refractivity contribution in [2.45, 2.75) is 10.8 Å². The van der Waals surface area contributed by atoms with E-state index in [9.17, 15) is 5.26 Å². The number of thioether (sulfide) groups is 1. The monoisotopic (exact) mass is 465 g/mol. The van der Waals surface area contributed by atoms with Crippen LogP contribution in [0, 0.1) is 17.9 Å². The van der Waals surface area contributed by atoms with Crippen LogP contribution < -0.4 is 5.73 Å². The Kier molecular flexibility index (Phi) is 6.03. The molecule has 0 aliphatic heterocycles. The summed E-state index contributed by atoms with van der Waals surface area (Å²) in [6.45, 7) is 7.48. The number of halogens is 1. The van der Waals surface area contributed by atoms with Crippen molar-refractivity contribution in [2.75, 3.05) is 5.73 Å². The molecule has 0 bridgehead atoms. The fourth-order valence-corrected chi connectivity index (χ4v) is 5.52. The first-order chi connectivity index (χ1) is 14.6. The number of nitriles is 1. The molecule has 3 heterocycles. The molecule has 0 fully saturated rings. The lowest BCUT2D eigenvalue weighted by molar-refractivity contribution is 1.12. The Morgan fingerprint density at radius 2 is 2.00 bits per heavy atom. The standard InChI is InChI=1S/C21H12ClN5S3/c1-25-18-17(16-3-2-8-28-16)15(9-23)21(27-19(18)24)30-11-14-10-29-20(26-14)12-4-6-13(22)7-5-12/h2-8,10H,11H2,(H2,24,27). The van der Waals surface area contributed by atoms with Gasteiger partial charge in [0.2, 0.25) is 5.69 Å². The third-order valence-corrected chi connectivity index (χ3v) is 7.24. The van der Waals surface area contributed by atoms with Gasteiger partial charge in [-0.25, -0.2) is 14.8 Å². The van der Waals surface area contributed by atoms with Crippen LogP contribution in [0.25, 0.3) is 25.9 Å². The van der Waals surface area contributed by atoms with Gasteiger partial charge in [0.25, 0.3) is 0 Å². The summed E-state index contributed by atoms with van der Waals surface area (Å²) in [5.41, 5.74) is 9.08. The van der Waals surface area contributed by atoms with Gasteiger partial charge in [-0.15, -0.1) is 22.7 Å². The number of rotatable bonds is 5. The van der Waals surface area contributed by atoms with Gasteiger partial charge in [0.05, 0.1) is 17.8 Å². The van der Waals surface area contributed by atoms with Gasteiger partial charge < -0.3 is 5.73 Å². The minimum absolute atomic E-state index is 0.134. The molecule has 30 heavy (non-hydrogen) atoms. The van der Waals surface area contributed by atoms with E-state index in [0.29, 0.717) is 26.9 Å². The number of aromatic nitrogens is 2. The summed E-state index contributed by atoms with van der Waals surface area (Å²) in [4.78, 5) is 13.4. The van der Waals surface area contributed by atoms with Crippen LogP contribution in [-0.2, 0) is 5.75 Å². The van der Waals surface area contributed by atoms with Gasteiger partial charge in [0, 0.05) is 32.2 Å². The van der Waals surface area contributed by atoms with E-state index in [2.05, 4.69) is 20.9 Å². The quantitative estimate of drug-likeness (QED) is 0.256. The number of nitrogens with two attached hydrogens (primary N) is 1. The minimum Gasteiger partial charge on any atom is -0.392 e. The van der Waals surface area contributed by atoms with E-state index in [1.165, 1.54) is 23.1 Å². The molecule has 0 saturated heterocycles. The molecule has 0 unspecified atom stereocenters. The lowest BCUT2D eigenvalue weighted by Gasteiger charge is -2.11. The van der Waals surface area contributed by atoms with E-state index in [-0.39, 0.29) is 11.5 Å². The molecule has 0 atom stereocenters. The highest BCUT2D eigenvalue weighted by Crippen LogP contribution is 2.43. The van der Waals surface area contributed by atoms with Gasteiger partial charge in [-0.3, -0.25) is 0 Å². The van der Waals surface area contributed by atoms with Crippen molar-refractivity contribution in [1.82, 2.24) is 9.97 Å². The molecule has 0 amide bonds. The molecular formula is C21H12ClN5S3. The smallest absolute Gasteiger partial charge is 0.237 e. The first-order valence-electron chi connectivity index (χ1n) is 8.58. The molecule has 0 saturated carbocycles. The highest BCUT2D eigenvalue weighted by Gasteiger charge is 2.21. The number of thiazole rings is 1. The molecule has 0 aliphatic rings. The summed E-state index contributed by atoms with van der Waals surface area (Å²) in [5, 5.41) is 15.8. The molecule has 0 aliphatic carbocycles. The number of nitrogens with zero attached hydrogens (tertiary/aromatic N) is 4. The van der Waals surface area contributed by atoms with Gasteiger partial charge in [0.1, 0.15) is 21.9 Å². The summed E-state index contributed by atoms with van der Waals surface area (Å²) >= 11 is 10.4. The first-order valence-corrected chi connectivity index (χ1v) is 11.7. The maximum Gasteiger partial charge on any atom is 0.237 e. The second-order valence-corrected chi connectivity index (χ2v) is 9.25. The Morgan fingerprint density at radius 3 is 2.67 bits per heavy atom. The number of hydrogen-bond donors (Lipinski definition) is 1. The Bertz CT molecular complexity index is 1280. The Labute approximate surface area is 190 Å². The van der Waals surface area contributed by atoms with Crippen LogP contribution in [0.5, 0.6) is 0 Å². The second-order valence-electron chi connectivity index (χ2n) is 6.04. The molecule has 2 N–H and O–H groups in total. The van der Waals surface area contributed by atoms with E-state index in [4.69, 9.17) is 23.9 Å². The van der Waals surface area contributed by atoms with Crippen molar-refractivity contribution in [3.63, 3.8) is 0 Å². The maximum absolute atomic E-state index is 9.81. The molecular weight excluding hydrogens is 454 g/mol. The fourth-order valence-electron chi connectivity index (χ4n) is 2.79. The van der Waals surface area contributed by atoms with Crippen LogP contribution in [0.15, 0.2) is 52.2 Å². The third-order valence-electron chi connectivity index (χ3n) is 4.16. The van der Waals surface area contributed by atoms with Crippen LogP contribution in [0.2, 0.25) is 5.02 Å². The van der Waals surface area contributed by atoms with E-state index >= 15 is 0 Å². The first kappa shape index (κ1) is 20.4. The molecule has 0 spiro atoms. The Hall–Kier alpha value is -2.88. The van der Waals surface area contributed by atoms with E-state index in [1.807, 2.05) is 47.2 Å². The predicted molar refractivity (Wildman–Crippen MR) is 125 cm³/mol. The molecule has 5 nitrogen and oxygen atoms in total. The molecule has 9 heteroatoms. The van der Waals surface area contributed by atoms with Gasteiger partial charge in [-0.1, -0.05) is 41.6 Å². The van der Waals surface area contributed by atoms with Crippen molar-refractivity contribution in [3.8, 4) is 27.1 Å². The SMILES string of the molecule is [C-]#[N+]c1c(N)nc(SCc2csc(-c3ccc(Cl)cc3)n2)c(C#N)c1-c1cccs1. The lowest BCUT2D eigenvalue weighted by atomic mass is 10.1. The van der Waals surface area contributed by atoms with Crippen LogP contribution in [0.4, 0.5) is 11.5 Å². The van der Waals surface area contributed by atoms with Gasteiger partial charge >= 0.3 is 0 Å². The summed E-state index contributed by atoms with van der Waals surface area (Å²) in [7, 11) is 0. The predicted octanol–water partition coefficient (Wildman–Crippen LogP) is 6.88. The number of thiophene rings is 1. The number of hydrogen-bond acceptors (Lipinski definition) is 7. The average molecular weight is 466 g/mol. The van der Waals surface area contributed by atoms with Crippen LogP contribution >= 0.6 is 46.0 Å². The zero-order chi connectivity index (χ0) is 21.1. The third kappa shape index (κ3) is 4.04. The highest BCUT2D eigenvalue weighted by molar-refractivity contribution is 7.98. The molecule has 3 aromatic heterocycles. The van der Waals surface area contributed by atoms with Crippen molar-refractivity contribution in [1.29, 1.82) is 5.26 Å².